The average molecular weight is 1250 g/mol. The van der Waals surface area contributed by atoms with Gasteiger partial charge in [0.2, 0.25) is 5.91 Å². The molecule has 0 heterocycles. The summed E-state index contributed by atoms with van der Waals surface area (Å²) in [6.45, 7) is 6.89. The maximum Gasteiger partial charge on any atom is 0.306 e. The molecule has 0 aromatic rings. The molecule has 0 rings (SSSR count). The zero-order valence-corrected chi connectivity index (χ0v) is 59.9. The van der Waals surface area contributed by atoms with Gasteiger partial charge in [-0.2, -0.15) is 0 Å². The van der Waals surface area contributed by atoms with Gasteiger partial charge in [0.05, 0.1) is 33.8 Å². The second-order valence-electron chi connectivity index (χ2n) is 27.5. The zero-order chi connectivity index (χ0) is 63.5. The molecule has 0 radical (unpaired) electrons. The quantitative estimate of drug-likeness (QED) is 0.0212. The van der Waals surface area contributed by atoms with Gasteiger partial charge in [-0.25, -0.2) is 0 Å². The SMILES string of the molecule is CCCCC/C=C\C/C=C\CCCCCCCCCCCCCCCCCC(=O)OC(/C=C/CCCCCCCCCCC)C(COP(=O)([O-])OCC[N+](C)(C)C)NC(=O)CCCCCCCCCCCCCCCCCCCCCCCCCCC. The molecule has 3 atom stereocenters. The monoisotopic (exact) mass is 1250 g/mol. The van der Waals surface area contributed by atoms with E-state index in [1.165, 1.54) is 295 Å². The number of ether oxygens (including phenoxy) is 1. The van der Waals surface area contributed by atoms with Crippen LogP contribution >= 0.6 is 7.82 Å². The molecule has 0 spiro atoms. The van der Waals surface area contributed by atoms with Crippen LogP contribution in [-0.4, -0.2) is 69.4 Å². The molecule has 0 fully saturated rings. The number of hydrogen-bond acceptors (Lipinski definition) is 7. The molecule has 514 valence electrons. The Hall–Kier alpha value is -1.77. The molecule has 0 aliphatic heterocycles. The molecule has 0 aliphatic rings. The highest BCUT2D eigenvalue weighted by Gasteiger charge is 2.27. The summed E-state index contributed by atoms with van der Waals surface area (Å²) in [6, 6.07) is -0.885. The van der Waals surface area contributed by atoms with Crippen LogP contribution in [0.25, 0.3) is 0 Å². The van der Waals surface area contributed by atoms with Crippen LogP contribution in [0.15, 0.2) is 36.5 Å². The molecule has 3 unspecified atom stereocenters. The van der Waals surface area contributed by atoms with Crippen molar-refractivity contribution in [3.8, 4) is 0 Å². The second-order valence-corrected chi connectivity index (χ2v) is 28.9. The normalized spacial score (nSPS) is 13.6. The minimum absolute atomic E-state index is 0.0187. The van der Waals surface area contributed by atoms with Crippen molar-refractivity contribution in [3.05, 3.63) is 36.5 Å². The lowest BCUT2D eigenvalue weighted by molar-refractivity contribution is -0.870. The fourth-order valence-electron chi connectivity index (χ4n) is 11.7. The summed E-state index contributed by atoms with van der Waals surface area (Å²) < 4.78 is 30.5. The Morgan fingerprint density at radius 3 is 1.06 bits per heavy atom. The third-order valence-electron chi connectivity index (χ3n) is 17.6. The summed E-state index contributed by atoms with van der Waals surface area (Å²) in [5, 5.41) is 3.05. The molecule has 9 nitrogen and oxygen atoms in total. The number of hydrogen-bond donors (Lipinski definition) is 1. The first-order valence-electron chi connectivity index (χ1n) is 38.3. The Kier molecular flexibility index (Phi) is 65.8. The van der Waals surface area contributed by atoms with Crippen molar-refractivity contribution < 1.29 is 37.3 Å². The van der Waals surface area contributed by atoms with E-state index in [4.69, 9.17) is 13.8 Å². The maximum absolute atomic E-state index is 13.6. The molecule has 87 heavy (non-hydrogen) atoms. The summed E-state index contributed by atoms with van der Waals surface area (Å²) >= 11 is 0. The highest BCUT2D eigenvalue weighted by Crippen LogP contribution is 2.38. The van der Waals surface area contributed by atoms with Crippen molar-refractivity contribution in [1.29, 1.82) is 0 Å². The van der Waals surface area contributed by atoms with E-state index in [1.807, 2.05) is 33.3 Å². The van der Waals surface area contributed by atoms with Crippen LogP contribution in [0, 0.1) is 0 Å². The molecule has 0 aromatic heterocycles. The lowest BCUT2D eigenvalue weighted by atomic mass is 10.0. The van der Waals surface area contributed by atoms with Crippen molar-refractivity contribution in [2.24, 2.45) is 0 Å². The van der Waals surface area contributed by atoms with Gasteiger partial charge in [0.25, 0.3) is 7.82 Å². The summed E-state index contributed by atoms with van der Waals surface area (Å²) in [5.74, 6) is -0.518. The summed E-state index contributed by atoms with van der Waals surface area (Å²) in [7, 11) is 1.21. The van der Waals surface area contributed by atoms with Gasteiger partial charge in [-0.15, -0.1) is 0 Å². The Labute approximate surface area is 542 Å². The number of likely N-dealkylation sites (N-methyl/N-ethyl adjacent to an activating group) is 1. The van der Waals surface area contributed by atoms with Crippen LogP contribution in [0.5, 0.6) is 0 Å². The number of carbonyl (C=O) groups is 2. The number of allylic oxidation sites excluding steroid dienone is 5. The fourth-order valence-corrected chi connectivity index (χ4v) is 12.4. The van der Waals surface area contributed by atoms with Gasteiger partial charge in [0, 0.05) is 12.8 Å². The lowest BCUT2D eigenvalue weighted by Crippen LogP contribution is -2.47. The molecule has 0 bridgehead atoms. The number of amides is 1. The van der Waals surface area contributed by atoms with Gasteiger partial charge in [0.15, 0.2) is 0 Å². The van der Waals surface area contributed by atoms with E-state index in [-0.39, 0.29) is 31.5 Å². The van der Waals surface area contributed by atoms with Crippen LogP contribution in [0.3, 0.4) is 0 Å². The first-order valence-corrected chi connectivity index (χ1v) is 39.8. The minimum atomic E-state index is -4.70. The first-order chi connectivity index (χ1) is 42.4. The van der Waals surface area contributed by atoms with Gasteiger partial charge < -0.3 is 28.5 Å². The number of carbonyl (C=O) groups excluding carboxylic acids is 2. The van der Waals surface area contributed by atoms with E-state index in [0.29, 0.717) is 17.4 Å². The Morgan fingerprint density at radius 2 is 0.701 bits per heavy atom. The highest BCUT2D eigenvalue weighted by molar-refractivity contribution is 7.45. The molecule has 1 N–H and O–H groups in total. The van der Waals surface area contributed by atoms with Crippen molar-refractivity contribution in [2.75, 3.05) is 40.9 Å². The van der Waals surface area contributed by atoms with Gasteiger partial charge >= 0.3 is 5.97 Å². The lowest BCUT2D eigenvalue weighted by Gasteiger charge is -2.30. The number of phosphoric acid groups is 1. The molecule has 0 aliphatic carbocycles. The molecule has 1 amide bonds. The summed E-state index contributed by atoms with van der Waals surface area (Å²) in [6.07, 6.45) is 84.3. The predicted octanol–water partition coefficient (Wildman–Crippen LogP) is 23.9. The van der Waals surface area contributed by atoms with Crippen LogP contribution < -0.4 is 10.2 Å². The van der Waals surface area contributed by atoms with E-state index in [0.717, 1.165) is 64.2 Å². The summed E-state index contributed by atoms with van der Waals surface area (Å²) in [4.78, 5) is 40.2. The van der Waals surface area contributed by atoms with Crippen LogP contribution in [0.1, 0.15) is 393 Å². The van der Waals surface area contributed by atoms with Crippen LogP contribution in [0.2, 0.25) is 0 Å². The second kappa shape index (κ2) is 67.1. The van der Waals surface area contributed by atoms with Crippen LogP contribution in [0.4, 0.5) is 0 Å². The smallest absolute Gasteiger partial charge is 0.306 e. The number of nitrogens with zero attached hydrogens (tertiary/aromatic N) is 1. The van der Waals surface area contributed by atoms with Gasteiger partial charge in [0.1, 0.15) is 19.3 Å². The van der Waals surface area contributed by atoms with Crippen molar-refractivity contribution in [2.45, 2.75) is 405 Å². The molecular formula is C77H149N2O7P. The Bertz CT molecular complexity index is 1580. The fraction of sp³-hybridized carbons (Fsp3) is 0.896. The third-order valence-corrected chi connectivity index (χ3v) is 18.5. The standard InChI is InChI=1S/C77H149N2O7P/c1-7-10-13-16-19-22-25-27-29-31-33-35-37-39-41-43-45-47-49-51-54-57-60-63-66-69-76(80)78-74(73-85-87(82,83)84-72-71-79(4,5)6)75(68-65-62-59-56-53-24-21-18-15-12-9-3)86-77(81)70-67-64-61-58-55-52-50-48-46-44-42-40-38-36-34-32-30-28-26-23-20-17-14-11-8-2/h20,23,28,30,65,68,74-75H,7-19,21-22,24-27,29,31-64,66-67,69-73H2,1-6H3,(H-,78,80,82,83)/b23-20-,30-28-,68-65+. The third kappa shape index (κ3) is 68.4. The van der Waals surface area contributed by atoms with Gasteiger partial charge in [-0.05, 0) is 63.9 Å². The number of nitrogens with one attached hydrogen (secondary N) is 1. The van der Waals surface area contributed by atoms with Crippen molar-refractivity contribution in [1.82, 2.24) is 5.32 Å². The first kappa shape index (κ1) is 85.2. The number of esters is 1. The van der Waals surface area contributed by atoms with Gasteiger partial charge in [-0.3, -0.25) is 14.2 Å². The largest absolute Gasteiger partial charge is 0.756 e. The number of rotatable bonds is 71. The number of unbranched alkanes of at least 4 members (excludes halogenated alkanes) is 51. The van der Waals surface area contributed by atoms with E-state index < -0.39 is 20.0 Å². The Morgan fingerprint density at radius 1 is 0.402 bits per heavy atom. The number of quaternary nitrogens is 1. The maximum atomic E-state index is 13.6. The molecule has 10 heteroatoms. The van der Waals surface area contributed by atoms with Crippen molar-refractivity contribution in [3.63, 3.8) is 0 Å². The molecule has 0 aromatic carbocycles. The van der Waals surface area contributed by atoms with E-state index in [1.54, 1.807) is 0 Å². The van der Waals surface area contributed by atoms with E-state index in [2.05, 4.69) is 50.4 Å². The van der Waals surface area contributed by atoms with E-state index in [9.17, 15) is 19.0 Å². The molecule has 0 saturated carbocycles. The molecule has 0 saturated heterocycles. The topological polar surface area (TPSA) is 114 Å². The minimum Gasteiger partial charge on any atom is -0.756 e. The average Bonchev–Trinajstić information content (AvgIpc) is 3.70. The highest BCUT2D eigenvalue weighted by atomic mass is 31.2. The molecular weight excluding hydrogens is 1100 g/mol. The zero-order valence-electron chi connectivity index (χ0n) is 59.0. The summed E-state index contributed by atoms with van der Waals surface area (Å²) in [5.41, 5.74) is 0. The number of phosphoric ester groups is 1. The van der Waals surface area contributed by atoms with Crippen molar-refractivity contribution >= 4 is 19.7 Å². The van der Waals surface area contributed by atoms with Gasteiger partial charge in [-0.1, -0.05) is 353 Å². The van der Waals surface area contributed by atoms with E-state index >= 15 is 0 Å². The Balaban J connectivity index is 4.89. The van der Waals surface area contributed by atoms with Crippen LogP contribution in [-0.2, 0) is 27.9 Å². The predicted molar refractivity (Wildman–Crippen MR) is 376 cm³/mol.